The SMILES string of the molecule is CC(C)(O)C#Cc1ccccc1C(=O)ON1C(=O)CCC1=O. The Morgan fingerprint density at radius 3 is 2.41 bits per heavy atom. The van der Waals surface area contributed by atoms with Crippen LogP contribution in [0.25, 0.3) is 0 Å². The molecule has 1 aromatic carbocycles. The number of aliphatic hydroxyl groups is 1. The van der Waals surface area contributed by atoms with Crippen LogP contribution in [-0.4, -0.2) is 33.6 Å². The van der Waals surface area contributed by atoms with Crippen molar-refractivity contribution in [1.29, 1.82) is 0 Å². The number of benzene rings is 1. The Kier molecular flexibility index (Phi) is 4.29. The molecule has 0 atom stereocenters. The molecular formula is C16H15NO5. The fourth-order valence-corrected chi connectivity index (χ4v) is 1.78. The van der Waals surface area contributed by atoms with Crippen LogP contribution >= 0.6 is 0 Å². The first-order valence-electron chi connectivity index (χ1n) is 6.70. The molecule has 0 radical (unpaired) electrons. The smallest absolute Gasteiger partial charge is 0.365 e. The van der Waals surface area contributed by atoms with Crippen molar-refractivity contribution in [2.75, 3.05) is 0 Å². The van der Waals surface area contributed by atoms with E-state index in [1.54, 1.807) is 18.2 Å². The molecule has 0 unspecified atom stereocenters. The summed E-state index contributed by atoms with van der Waals surface area (Å²) < 4.78 is 0. The van der Waals surface area contributed by atoms with Crippen LogP contribution in [0.15, 0.2) is 24.3 Å². The molecule has 2 amide bonds. The van der Waals surface area contributed by atoms with Gasteiger partial charge in [0, 0.05) is 18.4 Å². The number of hydroxylamine groups is 2. The van der Waals surface area contributed by atoms with Gasteiger partial charge in [0.1, 0.15) is 5.60 Å². The molecule has 6 heteroatoms. The molecule has 1 aliphatic heterocycles. The number of amides is 2. The lowest BCUT2D eigenvalue weighted by atomic mass is 10.1. The average molecular weight is 301 g/mol. The second kappa shape index (κ2) is 6.00. The lowest BCUT2D eigenvalue weighted by Gasteiger charge is -2.13. The van der Waals surface area contributed by atoms with Gasteiger partial charge >= 0.3 is 5.97 Å². The minimum Gasteiger partial charge on any atom is -0.378 e. The third-order valence-electron chi connectivity index (χ3n) is 2.83. The Bertz CT molecular complexity index is 674. The highest BCUT2D eigenvalue weighted by atomic mass is 16.7. The fourth-order valence-electron chi connectivity index (χ4n) is 1.78. The van der Waals surface area contributed by atoms with Crippen molar-refractivity contribution >= 4 is 17.8 Å². The van der Waals surface area contributed by atoms with Gasteiger partial charge in [-0.1, -0.05) is 24.0 Å². The standard InChI is InChI=1S/C16H15NO5/c1-16(2,21)10-9-11-5-3-4-6-12(11)15(20)22-17-13(18)7-8-14(17)19/h3-6,21H,7-8H2,1-2H3. The minimum atomic E-state index is -1.21. The van der Waals surface area contributed by atoms with E-state index in [0.717, 1.165) is 0 Å². The van der Waals surface area contributed by atoms with Gasteiger partial charge in [0.25, 0.3) is 11.8 Å². The second-order valence-electron chi connectivity index (χ2n) is 5.32. The Hall–Kier alpha value is -2.65. The molecule has 6 nitrogen and oxygen atoms in total. The molecule has 1 heterocycles. The van der Waals surface area contributed by atoms with Gasteiger partial charge in [-0.3, -0.25) is 9.59 Å². The van der Waals surface area contributed by atoms with Crippen LogP contribution in [0.5, 0.6) is 0 Å². The Morgan fingerprint density at radius 2 is 1.82 bits per heavy atom. The maximum Gasteiger partial charge on any atom is 0.365 e. The van der Waals surface area contributed by atoms with Crippen LogP contribution in [0, 0.1) is 11.8 Å². The Balaban J connectivity index is 2.25. The predicted octanol–water partition coefficient (Wildman–Crippen LogP) is 1.03. The zero-order valence-electron chi connectivity index (χ0n) is 12.3. The first-order chi connectivity index (χ1) is 10.3. The third kappa shape index (κ3) is 3.71. The molecule has 1 aromatic rings. The zero-order chi connectivity index (χ0) is 16.3. The van der Waals surface area contributed by atoms with Gasteiger partial charge in [-0.05, 0) is 26.0 Å². The van der Waals surface area contributed by atoms with Gasteiger partial charge < -0.3 is 9.94 Å². The summed E-state index contributed by atoms with van der Waals surface area (Å²) in [5, 5.41) is 10.1. The van der Waals surface area contributed by atoms with Crippen molar-refractivity contribution in [2.45, 2.75) is 32.3 Å². The molecule has 2 rings (SSSR count). The Labute approximate surface area is 127 Å². The molecule has 1 saturated heterocycles. The van der Waals surface area contributed by atoms with Gasteiger partial charge in [0.15, 0.2) is 0 Å². The number of carbonyl (C=O) groups excluding carboxylic acids is 3. The third-order valence-corrected chi connectivity index (χ3v) is 2.83. The summed E-state index contributed by atoms with van der Waals surface area (Å²) in [6.07, 6.45) is 0.0680. The normalized spacial score (nSPS) is 14.6. The van der Waals surface area contributed by atoms with E-state index in [-0.39, 0.29) is 18.4 Å². The number of hydrogen-bond donors (Lipinski definition) is 1. The molecule has 0 saturated carbocycles. The molecule has 0 aromatic heterocycles. The lowest BCUT2D eigenvalue weighted by Crippen LogP contribution is -2.32. The molecule has 1 aliphatic rings. The first-order valence-corrected chi connectivity index (χ1v) is 6.70. The zero-order valence-corrected chi connectivity index (χ0v) is 12.3. The van der Waals surface area contributed by atoms with Crippen LogP contribution < -0.4 is 0 Å². The molecule has 0 bridgehead atoms. The molecule has 0 aliphatic carbocycles. The van der Waals surface area contributed by atoms with Gasteiger partial charge in [-0.2, -0.15) is 0 Å². The summed E-state index contributed by atoms with van der Waals surface area (Å²) >= 11 is 0. The summed E-state index contributed by atoms with van der Waals surface area (Å²) in [5.74, 6) is 3.36. The topological polar surface area (TPSA) is 83.9 Å². The Morgan fingerprint density at radius 1 is 1.23 bits per heavy atom. The molecule has 114 valence electrons. The van der Waals surface area contributed by atoms with Crippen molar-refractivity contribution in [3.63, 3.8) is 0 Å². The first kappa shape index (κ1) is 15.7. The van der Waals surface area contributed by atoms with E-state index in [2.05, 4.69) is 11.8 Å². The number of imide groups is 1. The van der Waals surface area contributed by atoms with Crippen molar-refractivity contribution in [3.8, 4) is 11.8 Å². The summed E-state index contributed by atoms with van der Waals surface area (Å²) in [7, 11) is 0. The molecule has 1 fully saturated rings. The van der Waals surface area contributed by atoms with Gasteiger partial charge in [-0.25, -0.2) is 4.79 Å². The highest BCUT2D eigenvalue weighted by Crippen LogP contribution is 2.16. The van der Waals surface area contributed by atoms with Crippen molar-refractivity contribution < 1.29 is 24.3 Å². The van der Waals surface area contributed by atoms with E-state index in [9.17, 15) is 19.5 Å². The van der Waals surface area contributed by atoms with E-state index >= 15 is 0 Å². The molecule has 22 heavy (non-hydrogen) atoms. The summed E-state index contributed by atoms with van der Waals surface area (Å²) in [6.45, 7) is 3.03. The van der Waals surface area contributed by atoms with E-state index in [4.69, 9.17) is 4.84 Å². The monoisotopic (exact) mass is 301 g/mol. The van der Waals surface area contributed by atoms with Crippen LogP contribution in [0.2, 0.25) is 0 Å². The molecule has 0 spiro atoms. The molecular weight excluding hydrogens is 286 g/mol. The number of hydrogen-bond acceptors (Lipinski definition) is 5. The largest absolute Gasteiger partial charge is 0.378 e. The average Bonchev–Trinajstić information content (AvgIpc) is 2.76. The second-order valence-corrected chi connectivity index (χ2v) is 5.32. The maximum absolute atomic E-state index is 12.1. The van der Waals surface area contributed by atoms with Crippen molar-refractivity contribution in [1.82, 2.24) is 5.06 Å². The summed E-state index contributed by atoms with van der Waals surface area (Å²) in [6, 6.07) is 6.35. The van der Waals surface area contributed by atoms with Crippen LogP contribution in [0.1, 0.15) is 42.6 Å². The predicted molar refractivity (Wildman–Crippen MR) is 76.1 cm³/mol. The maximum atomic E-state index is 12.1. The number of rotatable bonds is 2. The van der Waals surface area contributed by atoms with Gasteiger partial charge in [0.2, 0.25) is 0 Å². The van der Waals surface area contributed by atoms with E-state index in [0.29, 0.717) is 10.6 Å². The number of carbonyl (C=O) groups is 3. The van der Waals surface area contributed by atoms with Crippen LogP contribution in [0.3, 0.4) is 0 Å². The highest BCUT2D eigenvalue weighted by Gasteiger charge is 2.33. The van der Waals surface area contributed by atoms with Gasteiger partial charge in [-0.15, -0.1) is 5.06 Å². The molecule has 1 N–H and O–H groups in total. The van der Waals surface area contributed by atoms with Crippen LogP contribution in [0.4, 0.5) is 0 Å². The van der Waals surface area contributed by atoms with E-state index in [1.165, 1.54) is 19.9 Å². The van der Waals surface area contributed by atoms with E-state index in [1.807, 2.05) is 0 Å². The quantitative estimate of drug-likeness (QED) is 0.651. The van der Waals surface area contributed by atoms with Crippen molar-refractivity contribution in [3.05, 3.63) is 35.4 Å². The van der Waals surface area contributed by atoms with Gasteiger partial charge in [0.05, 0.1) is 5.56 Å². The lowest BCUT2D eigenvalue weighted by molar-refractivity contribution is -0.172. The highest BCUT2D eigenvalue weighted by molar-refractivity contribution is 6.03. The summed E-state index contributed by atoms with van der Waals surface area (Å²) in [5.41, 5.74) is -0.752. The minimum absolute atomic E-state index is 0.0340. The van der Waals surface area contributed by atoms with Crippen molar-refractivity contribution in [2.24, 2.45) is 0 Å². The van der Waals surface area contributed by atoms with E-state index < -0.39 is 23.4 Å². The van der Waals surface area contributed by atoms with Crippen LogP contribution in [-0.2, 0) is 14.4 Å². The fraction of sp³-hybridized carbons (Fsp3) is 0.312. The number of nitrogens with zero attached hydrogens (tertiary/aromatic N) is 1. The summed E-state index contributed by atoms with van der Waals surface area (Å²) in [4.78, 5) is 39.9.